The number of hydrogen-bond acceptors (Lipinski definition) is 5. The molecule has 0 N–H and O–H groups in total. The van der Waals surface area contributed by atoms with Crippen molar-refractivity contribution < 1.29 is 19.1 Å². The fourth-order valence-electron chi connectivity index (χ4n) is 2.46. The lowest BCUT2D eigenvalue weighted by Crippen LogP contribution is -2.16. The Labute approximate surface area is 161 Å². The van der Waals surface area contributed by atoms with E-state index in [9.17, 15) is 9.59 Å². The number of esters is 1. The van der Waals surface area contributed by atoms with Crippen LogP contribution >= 0.6 is 11.6 Å². The van der Waals surface area contributed by atoms with Gasteiger partial charge in [-0.3, -0.25) is 4.79 Å². The van der Waals surface area contributed by atoms with Crippen molar-refractivity contribution >= 4 is 23.4 Å². The number of aromatic nitrogens is 2. The highest BCUT2D eigenvalue weighted by Crippen LogP contribution is 2.26. The molecular formula is C20H17ClN2O4. The third kappa shape index (κ3) is 4.54. The zero-order valence-corrected chi connectivity index (χ0v) is 15.3. The van der Waals surface area contributed by atoms with Crippen LogP contribution in [-0.2, 0) is 9.53 Å². The van der Waals surface area contributed by atoms with Crippen LogP contribution in [0.3, 0.4) is 0 Å². The number of carbonyl (C=O) groups is 2. The zero-order valence-electron chi connectivity index (χ0n) is 14.6. The van der Waals surface area contributed by atoms with Crippen LogP contribution in [0, 0.1) is 0 Å². The van der Waals surface area contributed by atoms with Crippen LogP contribution in [0.4, 0.5) is 0 Å². The molecule has 0 unspecified atom stereocenters. The molecule has 0 aliphatic heterocycles. The summed E-state index contributed by atoms with van der Waals surface area (Å²) < 4.78 is 11.9. The van der Waals surface area contributed by atoms with E-state index < -0.39 is 5.97 Å². The van der Waals surface area contributed by atoms with Gasteiger partial charge in [-0.1, -0.05) is 29.8 Å². The van der Waals surface area contributed by atoms with Crippen LogP contribution < -0.4 is 4.74 Å². The molecule has 0 bridgehead atoms. The lowest BCUT2D eigenvalue weighted by Gasteiger charge is -2.10. The molecule has 1 aromatic heterocycles. The van der Waals surface area contributed by atoms with E-state index in [1.54, 1.807) is 29.9 Å². The summed E-state index contributed by atoms with van der Waals surface area (Å²) in [5, 5.41) is 4.62. The van der Waals surface area contributed by atoms with Crippen LogP contribution in [0.15, 0.2) is 60.9 Å². The van der Waals surface area contributed by atoms with Gasteiger partial charge in [0.2, 0.25) is 0 Å². The van der Waals surface area contributed by atoms with Crippen molar-refractivity contribution in [3.05, 3.63) is 77.1 Å². The molecule has 138 valence electrons. The predicted octanol–water partition coefficient (Wildman–Crippen LogP) is 3.70. The van der Waals surface area contributed by atoms with Gasteiger partial charge in [0.1, 0.15) is 5.75 Å². The Morgan fingerprint density at radius 3 is 2.67 bits per heavy atom. The minimum Gasteiger partial charge on any atom is -0.481 e. The normalized spacial score (nSPS) is 10.4. The summed E-state index contributed by atoms with van der Waals surface area (Å²) in [6, 6.07) is 14.1. The maximum absolute atomic E-state index is 12.9. The molecule has 7 heteroatoms. The first-order valence-corrected chi connectivity index (χ1v) is 8.69. The molecule has 0 radical (unpaired) electrons. The largest absolute Gasteiger partial charge is 0.481 e. The summed E-state index contributed by atoms with van der Waals surface area (Å²) in [7, 11) is 0. The van der Waals surface area contributed by atoms with E-state index in [4.69, 9.17) is 21.1 Å². The second kappa shape index (κ2) is 8.51. The zero-order chi connectivity index (χ0) is 19.2. The summed E-state index contributed by atoms with van der Waals surface area (Å²) in [6.07, 6.45) is 3.11. The smallest absolute Gasteiger partial charge is 0.344 e. The van der Waals surface area contributed by atoms with Gasteiger partial charge in [0, 0.05) is 11.2 Å². The Kier molecular flexibility index (Phi) is 5.88. The quantitative estimate of drug-likeness (QED) is 0.459. The number of benzene rings is 2. The summed E-state index contributed by atoms with van der Waals surface area (Å²) in [6.45, 7) is 1.67. The average molecular weight is 385 g/mol. The monoisotopic (exact) mass is 384 g/mol. The highest BCUT2D eigenvalue weighted by Gasteiger charge is 2.18. The SMILES string of the molecule is CCOC(=O)COc1ccc(Cl)cc1C(=O)c1cnn(-c2ccccc2)c1. The van der Waals surface area contributed by atoms with Gasteiger partial charge in [-0.2, -0.15) is 5.10 Å². The average Bonchev–Trinajstić information content (AvgIpc) is 3.17. The number of nitrogens with zero attached hydrogens (tertiary/aromatic N) is 2. The number of ether oxygens (including phenoxy) is 2. The molecule has 0 fully saturated rings. The standard InChI is InChI=1S/C20H17ClN2O4/c1-2-26-19(24)13-27-18-9-8-15(21)10-17(18)20(25)14-11-22-23(12-14)16-6-4-3-5-7-16/h3-12H,2,13H2,1H3. The van der Waals surface area contributed by atoms with E-state index in [1.165, 1.54) is 12.3 Å². The Morgan fingerprint density at radius 1 is 1.15 bits per heavy atom. The molecule has 1 heterocycles. The van der Waals surface area contributed by atoms with E-state index in [-0.39, 0.29) is 30.3 Å². The molecule has 0 aliphatic rings. The van der Waals surface area contributed by atoms with E-state index in [2.05, 4.69) is 5.10 Å². The number of halogens is 1. The van der Waals surface area contributed by atoms with Crippen LogP contribution in [0.25, 0.3) is 5.69 Å². The minimum absolute atomic E-state index is 0.249. The summed E-state index contributed by atoms with van der Waals surface area (Å²) in [4.78, 5) is 24.4. The highest BCUT2D eigenvalue weighted by molar-refractivity contribution is 6.31. The topological polar surface area (TPSA) is 70.4 Å². The molecule has 0 saturated carbocycles. The molecular weight excluding hydrogens is 368 g/mol. The Morgan fingerprint density at radius 2 is 1.93 bits per heavy atom. The molecule has 0 saturated heterocycles. The second-order valence-electron chi connectivity index (χ2n) is 5.57. The molecule has 0 spiro atoms. The van der Waals surface area contributed by atoms with Gasteiger partial charge in [0.05, 0.1) is 29.6 Å². The van der Waals surface area contributed by atoms with E-state index in [0.717, 1.165) is 5.69 Å². The maximum atomic E-state index is 12.9. The molecule has 2 aromatic carbocycles. The number of ketones is 1. The fraction of sp³-hybridized carbons (Fsp3) is 0.150. The van der Waals surface area contributed by atoms with Crippen molar-refractivity contribution in [2.45, 2.75) is 6.92 Å². The summed E-state index contributed by atoms with van der Waals surface area (Å²) >= 11 is 6.04. The Hall–Kier alpha value is -3.12. The van der Waals surface area contributed by atoms with Crippen LogP contribution in [0.5, 0.6) is 5.75 Å². The Balaban J connectivity index is 1.85. The third-order valence-corrected chi connectivity index (χ3v) is 3.94. The summed E-state index contributed by atoms with van der Waals surface area (Å²) in [5.41, 5.74) is 1.46. The van der Waals surface area contributed by atoms with E-state index in [1.807, 2.05) is 30.3 Å². The first kappa shape index (κ1) is 18.7. The number of rotatable bonds is 7. The van der Waals surface area contributed by atoms with Crippen LogP contribution in [0.2, 0.25) is 5.02 Å². The van der Waals surface area contributed by atoms with Gasteiger partial charge >= 0.3 is 5.97 Å². The lowest BCUT2D eigenvalue weighted by atomic mass is 10.1. The van der Waals surface area contributed by atoms with E-state index >= 15 is 0 Å². The van der Waals surface area contributed by atoms with Gasteiger partial charge in [0.15, 0.2) is 12.4 Å². The third-order valence-electron chi connectivity index (χ3n) is 3.70. The molecule has 3 aromatic rings. The van der Waals surface area contributed by atoms with Crippen LogP contribution in [-0.4, -0.2) is 34.7 Å². The minimum atomic E-state index is -0.511. The molecule has 27 heavy (non-hydrogen) atoms. The first-order chi connectivity index (χ1) is 13.1. The van der Waals surface area contributed by atoms with Gasteiger partial charge in [-0.25, -0.2) is 9.48 Å². The van der Waals surface area contributed by atoms with Crippen molar-refractivity contribution in [1.29, 1.82) is 0 Å². The number of hydrogen-bond donors (Lipinski definition) is 0. The van der Waals surface area contributed by atoms with Crippen LogP contribution in [0.1, 0.15) is 22.8 Å². The number of carbonyl (C=O) groups excluding carboxylic acids is 2. The predicted molar refractivity (Wildman–Crippen MR) is 101 cm³/mol. The van der Waals surface area contributed by atoms with Crippen molar-refractivity contribution in [2.75, 3.05) is 13.2 Å². The van der Waals surface area contributed by atoms with Gasteiger partial charge < -0.3 is 9.47 Å². The fourth-order valence-corrected chi connectivity index (χ4v) is 2.63. The maximum Gasteiger partial charge on any atom is 0.344 e. The highest BCUT2D eigenvalue weighted by atomic mass is 35.5. The molecule has 3 rings (SSSR count). The van der Waals surface area contributed by atoms with Gasteiger partial charge in [-0.05, 0) is 37.3 Å². The first-order valence-electron chi connectivity index (χ1n) is 8.31. The molecule has 6 nitrogen and oxygen atoms in total. The number of para-hydroxylation sites is 1. The van der Waals surface area contributed by atoms with Gasteiger partial charge in [0.25, 0.3) is 0 Å². The van der Waals surface area contributed by atoms with Gasteiger partial charge in [-0.15, -0.1) is 0 Å². The van der Waals surface area contributed by atoms with Crippen molar-refractivity contribution in [3.8, 4) is 11.4 Å². The molecule has 0 amide bonds. The van der Waals surface area contributed by atoms with E-state index in [0.29, 0.717) is 10.6 Å². The van der Waals surface area contributed by atoms with Crippen molar-refractivity contribution in [3.63, 3.8) is 0 Å². The molecule has 0 aliphatic carbocycles. The second-order valence-corrected chi connectivity index (χ2v) is 6.01. The Bertz CT molecular complexity index is 954. The lowest BCUT2D eigenvalue weighted by molar-refractivity contribution is -0.145. The van der Waals surface area contributed by atoms with Crippen molar-refractivity contribution in [2.24, 2.45) is 0 Å². The molecule has 0 atom stereocenters. The van der Waals surface area contributed by atoms with Crippen molar-refractivity contribution in [1.82, 2.24) is 9.78 Å². The summed E-state index contributed by atoms with van der Waals surface area (Å²) in [5.74, 6) is -0.564.